The Labute approximate surface area is 268 Å². The summed E-state index contributed by atoms with van der Waals surface area (Å²) < 4.78 is 26.2. The van der Waals surface area contributed by atoms with E-state index in [0.29, 0.717) is 12.8 Å². The summed E-state index contributed by atoms with van der Waals surface area (Å²) in [6.45, 7) is 3.57. The monoisotopic (exact) mass is 642 g/mol. The number of allylic oxidation sites excluding steroid dienone is 6. The van der Waals surface area contributed by atoms with Gasteiger partial charge in [-0.1, -0.05) is 115 Å². The minimum atomic E-state index is -4.75. The third-order valence-corrected chi connectivity index (χ3v) is 7.62. The predicted molar refractivity (Wildman–Crippen MR) is 179 cm³/mol. The largest absolute Gasteiger partial charge is 0.469 e. The standard InChI is InChI=1S/C35H63O8P/c1-3-5-7-9-11-13-15-17-18-20-22-24-26-28-30-35(37)43-33(32-42-44(38,39)40)31-41-34(36)29-27-25-23-21-19-16-14-12-10-8-6-4-2/h9,11-12,14-15,17,33H,3-8,10,13,16,18-32H2,1-2H3,(H2,38,39,40)/b11-9+,14-12+,17-15+/t33-/m1/s1. The van der Waals surface area contributed by atoms with Crippen LogP contribution in [0.15, 0.2) is 36.5 Å². The first-order valence-electron chi connectivity index (χ1n) is 17.3. The van der Waals surface area contributed by atoms with Crippen molar-refractivity contribution in [1.29, 1.82) is 0 Å². The van der Waals surface area contributed by atoms with Gasteiger partial charge in [0.1, 0.15) is 6.61 Å². The highest BCUT2D eigenvalue weighted by Crippen LogP contribution is 2.35. The smallest absolute Gasteiger partial charge is 0.462 e. The van der Waals surface area contributed by atoms with E-state index >= 15 is 0 Å². The average Bonchev–Trinajstić information content (AvgIpc) is 2.98. The molecule has 0 aliphatic rings. The number of phosphoric ester groups is 1. The van der Waals surface area contributed by atoms with Gasteiger partial charge >= 0.3 is 19.8 Å². The molecule has 0 rings (SSSR count). The van der Waals surface area contributed by atoms with E-state index < -0.39 is 32.5 Å². The SMILES string of the molecule is CCCC/C=C/C/C=C/CCCCCCCC(=O)O[C@H](COC(=O)CCCCCCC/C=C/CCCCC)COP(=O)(O)O. The van der Waals surface area contributed by atoms with Crippen molar-refractivity contribution in [3.8, 4) is 0 Å². The normalized spacial score (nSPS) is 12.9. The van der Waals surface area contributed by atoms with E-state index in [1.807, 2.05) is 0 Å². The van der Waals surface area contributed by atoms with Crippen molar-refractivity contribution in [3.63, 3.8) is 0 Å². The molecule has 44 heavy (non-hydrogen) atoms. The highest BCUT2D eigenvalue weighted by molar-refractivity contribution is 7.46. The van der Waals surface area contributed by atoms with Gasteiger partial charge in [0.05, 0.1) is 6.61 Å². The highest BCUT2D eigenvalue weighted by Gasteiger charge is 2.22. The maximum Gasteiger partial charge on any atom is 0.469 e. The highest BCUT2D eigenvalue weighted by atomic mass is 31.2. The number of phosphoric acid groups is 1. The second-order valence-corrected chi connectivity index (χ2v) is 12.7. The Kier molecular flexibility index (Phi) is 30.0. The van der Waals surface area contributed by atoms with Crippen LogP contribution in [0.4, 0.5) is 0 Å². The summed E-state index contributed by atoms with van der Waals surface area (Å²) in [4.78, 5) is 42.5. The van der Waals surface area contributed by atoms with Gasteiger partial charge in [0.25, 0.3) is 0 Å². The van der Waals surface area contributed by atoms with Crippen molar-refractivity contribution in [2.24, 2.45) is 0 Å². The lowest BCUT2D eigenvalue weighted by Gasteiger charge is -2.18. The van der Waals surface area contributed by atoms with E-state index in [9.17, 15) is 14.2 Å². The molecular weight excluding hydrogens is 579 g/mol. The Bertz CT molecular complexity index is 818. The molecule has 0 fully saturated rings. The molecule has 8 nitrogen and oxygen atoms in total. The summed E-state index contributed by atoms with van der Waals surface area (Å²) in [5.41, 5.74) is 0. The third-order valence-electron chi connectivity index (χ3n) is 7.13. The van der Waals surface area contributed by atoms with Crippen LogP contribution in [0.25, 0.3) is 0 Å². The van der Waals surface area contributed by atoms with Gasteiger partial charge in [0.2, 0.25) is 0 Å². The summed E-state index contributed by atoms with van der Waals surface area (Å²) >= 11 is 0. The van der Waals surface area contributed by atoms with E-state index in [1.165, 1.54) is 32.1 Å². The zero-order valence-corrected chi connectivity index (χ0v) is 28.7. The average molecular weight is 643 g/mol. The first kappa shape index (κ1) is 42.3. The lowest BCUT2D eigenvalue weighted by molar-refractivity contribution is -0.161. The summed E-state index contributed by atoms with van der Waals surface area (Å²) in [6.07, 6.45) is 34.3. The topological polar surface area (TPSA) is 119 Å². The van der Waals surface area contributed by atoms with Crippen molar-refractivity contribution in [1.82, 2.24) is 0 Å². The van der Waals surface area contributed by atoms with Gasteiger partial charge in [-0.2, -0.15) is 0 Å². The fourth-order valence-corrected chi connectivity index (χ4v) is 4.86. The maximum atomic E-state index is 12.3. The zero-order valence-electron chi connectivity index (χ0n) is 27.8. The van der Waals surface area contributed by atoms with E-state index in [0.717, 1.165) is 83.5 Å². The molecule has 0 aliphatic carbocycles. The van der Waals surface area contributed by atoms with E-state index in [4.69, 9.17) is 19.3 Å². The number of hydrogen-bond acceptors (Lipinski definition) is 6. The lowest BCUT2D eigenvalue weighted by Crippen LogP contribution is -2.29. The molecule has 1 atom stereocenters. The summed E-state index contributed by atoms with van der Waals surface area (Å²) in [5, 5.41) is 0. The molecule has 0 saturated carbocycles. The molecule has 0 aliphatic heterocycles. The van der Waals surface area contributed by atoms with Crippen LogP contribution in [-0.4, -0.2) is 41.0 Å². The summed E-state index contributed by atoms with van der Waals surface area (Å²) in [7, 11) is -4.75. The Balaban J connectivity index is 4.05. The minimum Gasteiger partial charge on any atom is -0.462 e. The molecule has 0 amide bonds. The van der Waals surface area contributed by atoms with Gasteiger partial charge in [-0.15, -0.1) is 0 Å². The van der Waals surface area contributed by atoms with E-state index in [2.05, 4.69) is 54.8 Å². The van der Waals surface area contributed by atoms with Crippen LogP contribution in [0.5, 0.6) is 0 Å². The molecule has 0 aromatic heterocycles. The molecule has 0 unspecified atom stereocenters. The van der Waals surface area contributed by atoms with Gasteiger partial charge in [0, 0.05) is 12.8 Å². The van der Waals surface area contributed by atoms with Crippen LogP contribution in [-0.2, 0) is 28.2 Å². The zero-order chi connectivity index (χ0) is 32.6. The molecular formula is C35H63O8P. The number of esters is 2. The van der Waals surface area contributed by atoms with Crippen LogP contribution in [0, 0.1) is 0 Å². The number of carbonyl (C=O) groups is 2. The van der Waals surface area contributed by atoms with E-state index in [1.54, 1.807) is 0 Å². The molecule has 0 bridgehead atoms. The number of unbranched alkanes of at least 4 members (excludes halogenated alkanes) is 15. The van der Waals surface area contributed by atoms with Gasteiger partial charge in [-0.3, -0.25) is 14.1 Å². The molecule has 0 saturated heterocycles. The van der Waals surface area contributed by atoms with Crippen LogP contribution < -0.4 is 0 Å². The van der Waals surface area contributed by atoms with Gasteiger partial charge in [0.15, 0.2) is 6.10 Å². The number of rotatable bonds is 31. The Hall–Kier alpha value is -1.73. The minimum absolute atomic E-state index is 0.194. The van der Waals surface area contributed by atoms with Crippen LogP contribution in [0.1, 0.15) is 155 Å². The second kappa shape index (κ2) is 31.3. The summed E-state index contributed by atoms with van der Waals surface area (Å²) in [6, 6.07) is 0. The van der Waals surface area contributed by atoms with Crippen molar-refractivity contribution in [2.45, 2.75) is 161 Å². The lowest BCUT2D eigenvalue weighted by atomic mass is 10.1. The Morgan fingerprint density at radius 3 is 1.59 bits per heavy atom. The van der Waals surface area contributed by atoms with Crippen LogP contribution >= 0.6 is 7.82 Å². The number of hydrogen-bond donors (Lipinski definition) is 2. The molecule has 0 aromatic rings. The molecule has 0 heterocycles. The van der Waals surface area contributed by atoms with Crippen molar-refractivity contribution in [3.05, 3.63) is 36.5 Å². The van der Waals surface area contributed by atoms with Gasteiger partial charge in [-0.05, 0) is 64.2 Å². The van der Waals surface area contributed by atoms with E-state index in [-0.39, 0.29) is 19.4 Å². The third kappa shape index (κ3) is 33.2. The molecule has 0 radical (unpaired) electrons. The molecule has 9 heteroatoms. The number of ether oxygens (including phenoxy) is 2. The fourth-order valence-electron chi connectivity index (χ4n) is 4.50. The molecule has 0 aromatic carbocycles. The molecule has 0 spiro atoms. The van der Waals surface area contributed by atoms with Crippen molar-refractivity contribution < 1.29 is 37.9 Å². The quantitative estimate of drug-likeness (QED) is 0.0332. The molecule has 2 N–H and O–H groups in total. The van der Waals surface area contributed by atoms with Gasteiger partial charge in [-0.25, -0.2) is 4.57 Å². The van der Waals surface area contributed by atoms with Crippen molar-refractivity contribution >= 4 is 19.8 Å². The first-order chi connectivity index (χ1) is 21.3. The van der Waals surface area contributed by atoms with Gasteiger partial charge < -0.3 is 19.3 Å². The maximum absolute atomic E-state index is 12.3. The second-order valence-electron chi connectivity index (χ2n) is 11.5. The molecule has 256 valence electrons. The fraction of sp³-hybridized carbons (Fsp3) is 0.771. The van der Waals surface area contributed by atoms with Crippen LogP contribution in [0.3, 0.4) is 0 Å². The Morgan fingerprint density at radius 1 is 0.591 bits per heavy atom. The first-order valence-corrected chi connectivity index (χ1v) is 18.8. The predicted octanol–water partition coefficient (Wildman–Crippen LogP) is 9.84. The summed E-state index contributed by atoms with van der Waals surface area (Å²) in [5.74, 6) is -0.915. The van der Waals surface area contributed by atoms with Crippen LogP contribution in [0.2, 0.25) is 0 Å². The van der Waals surface area contributed by atoms with Crippen molar-refractivity contribution in [2.75, 3.05) is 13.2 Å². The Morgan fingerprint density at radius 2 is 1.05 bits per heavy atom. The number of carbonyl (C=O) groups excluding carboxylic acids is 2.